The van der Waals surface area contributed by atoms with Gasteiger partial charge in [-0.1, -0.05) is 12.1 Å². The van der Waals surface area contributed by atoms with Crippen LogP contribution in [0.1, 0.15) is 25.7 Å². The Labute approximate surface area is 110 Å². The highest BCUT2D eigenvalue weighted by Gasteiger charge is 2.10. The number of para-hydroxylation sites is 1. The van der Waals surface area contributed by atoms with Gasteiger partial charge in [0.15, 0.2) is 0 Å². The molecule has 0 fully saturated rings. The first kappa shape index (κ1) is 12.6. The lowest BCUT2D eigenvalue weighted by atomic mass is 10.2. The molecule has 1 aromatic carbocycles. The fraction of sp³-hybridized carbons (Fsp3) is 0.214. The first-order valence-electron chi connectivity index (χ1n) is 5.70. The van der Waals surface area contributed by atoms with Gasteiger partial charge in [-0.15, -0.1) is 11.3 Å². The second kappa shape index (κ2) is 5.23. The zero-order valence-electron chi connectivity index (χ0n) is 10.4. The highest BCUT2D eigenvalue weighted by Crippen LogP contribution is 2.21. The van der Waals surface area contributed by atoms with E-state index in [9.17, 15) is 9.90 Å². The summed E-state index contributed by atoms with van der Waals surface area (Å²) in [7, 11) is 0. The predicted octanol–water partition coefficient (Wildman–Crippen LogP) is 3.00. The molecule has 18 heavy (non-hydrogen) atoms. The van der Waals surface area contributed by atoms with Crippen LogP contribution in [0, 0.1) is 13.8 Å². The van der Waals surface area contributed by atoms with E-state index in [0.717, 1.165) is 4.88 Å². The van der Waals surface area contributed by atoms with Crippen LogP contribution in [0.4, 0.5) is 0 Å². The van der Waals surface area contributed by atoms with Crippen molar-refractivity contribution in [3.63, 3.8) is 0 Å². The molecule has 4 heteroatoms. The first-order chi connectivity index (χ1) is 8.58. The number of nitrogens with one attached hydrogen (secondary N) is 1. The molecule has 1 heterocycles. The summed E-state index contributed by atoms with van der Waals surface area (Å²) >= 11 is 1.68. The lowest BCUT2D eigenvalue weighted by molar-refractivity contribution is 0.0948. The first-order valence-corrected chi connectivity index (χ1v) is 6.51. The number of hydrogen-bond acceptors (Lipinski definition) is 3. The average molecular weight is 261 g/mol. The fourth-order valence-corrected chi connectivity index (χ4v) is 2.66. The van der Waals surface area contributed by atoms with Crippen LogP contribution in [0.2, 0.25) is 0 Å². The van der Waals surface area contributed by atoms with Crippen LogP contribution in [0.25, 0.3) is 0 Å². The lowest BCUT2D eigenvalue weighted by Crippen LogP contribution is -2.22. The Balaban J connectivity index is 2.03. The molecule has 0 spiro atoms. The van der Waals surface area contributed by atoms with Crippen molar-refractivity contribution in [2.24, 2.45) is 0 Å². The number of benzene rings is 1. The van der Waals surface area contributed by atoms with Crippen molar-refractivity contribution in [1.29, 1.82) is 0 Å². The van der Waals surface area contributed by atoms with Gasteiger partial charge in [-0.05, 0) is 37.6 Å². The molecule has 0 bridgehead atoms. The van der Waals surface area contributed by atoms with E-state index in [2.05, 4.69) is 25.2 Å². The summed E-state index contributed by atoms with van der Waals surface area (Å²) < 4.78 is 0. The Morgan fingerprint density at radius 3 is 2.67 bits per heavy atom. The van der Waals surface area contributed by atoms with Gasteiger partial charge in [0.25, 0.3) is 5.91 Å². The number of aryl methyl sites for hydroxylation is 2. The van der Waals surface area contributed by atoms with Gasteiger partial charge in [0.05, 0.1) is 12.1 Å². The highest BCUT2D eigenvalue weighted by molar-refractivity contribution is 7.12. The molecule has 0 saturated heterocycles. The Morgan fingerprint density at radius 2 is 2.06 bits per heavy atom. The number of aromatic hydroxyl groups is 1. The Morgan fingerprint density at radius 1 is 1.33 bits per heavy atom. The minimum absolute atomic E-state index is 0.00791. The summed E-state index contributed by atoms with van der Waals surface area (Å²) in [6.07, 6.45) is 0. The van der Waals surface area contributed by atoms with E-state index in [1.54, 1.807) is 29.5 Å². The number of hydrogen-bond donors (Lipinski definition) is 2. The lowest BCUT2D eigenvalue weighted by Gasteiger charge is -2.05. The highest BCUT2D eigenvalue weighted by atomic mass is 32.1. The van der Waals surface area contributed by atoms with Gasteiger partial charge in [0, 0.05) is 9.75 Å². The van der Waals surface area contributed by atoms with Crippen molar-refractivity contribution in [3.8, 4) is 5.75 Å². The normalized spacial score (nSPS) is 10.3. The Hall–Kier alpha value is -1.81. The monoisotopic (exact) mass is 261 g/mol. The predicted molar refractivity (Wildman–Crippen MR) is 73.1 cm³/mol. The number of phenols is 1. The standard InChI is InChI=1S/C14H15NO2S/c1-9-7-11(18-10(9)2)8-15-14(17)12-5-3-4-6-13(12)16/h3-7,16H,8H2,1-2H3,(H,15,17). The van der Waals surface area contributed by atoms with Crippen molar-refractivity contribution < 1.29 is 9.90 Å². The maximum Gasteiger partial charge on any atom is 0.255 e. The number of carbonyl (C=O) groups is 1. The van der Waals surface area contributed by atoms with Crippen LogP contribution >= 0.6 is 11.3 Å². The summed E-state index contributed by atoms with van der Waals surface area (Å²) in [5.41, 5.74) is 1.55. The third kappa shape index (κ3) is 2.71. The zero-order chi connectivity index (χ0) is 13.1. The minimum atomic E-state index is -0.253. The fourth-order valence-electron chi connectivity index (χ4n) is 1.67. The molecule has 0 aliphatic rings. The summed E-state index contributed by atoms with van der Waals surface area (Å²) in [5.74, 6) is -0.245. The quantitative estimate of drug-likeness (QED) is 0.892. The molecule has 0 unspecified atom stereocenters. The van der Waals surface area contributed by atoms with Crippen molar-refractivity contribution in [2.75, 3.05) is 0 Å². The van der Waals surface area contributed by atoms with Crippen LogP contribution < -0.4 is 5.32 Å². The molecular formula is C14H15NO2S. The van der Waals surface area contributed by atoms with Gasteiger partial charge in [-0.2, -0.15) is 0 Å². The van der Waals surface area contributed by atoms with E-state index in [-0.39, 0.29) is 11.7 Å². The second-order valence-corrected chi connectivity index (χ2v) is 5.49. The molecule has 1 aromatic heterocycles. The van der Waals surface area contributed by atoms with Crippen LogP contribution in [0.15, 0.2) is 30.3 Å². The van der Waals surface area contributed by atoms with Crippen LogP contribution in [0.5, 0.6) is 5.75 Å². The summed E-state index contributed by atoms with van der Waals surface area (Å²) in [4.78, 5) is 14.2. The Bertz CT molecular complexity index is 555. The van der Waals surface area contributed by atoms with E-state index < -0.39 is 0 Å². The largest absolute Gasteiger partial charge is 0.507 e. The summed E-state index contributed by atoms with van der Waals surface area (Å²) in [5, 5.41) is 12.4. The van der Waals surface area contributed by atoms with Gasteiger partial charge in [-0.3, -0.25) is 4.79 Å². The van der Waals surface area contributed by atoms with Crippen LogP contribution in [-0.2, 0) is 6.54 Å². The van der Waals surface area contributed by atoms with E-state index in [4.69, 9.17) is 0 Å². The van der Waals surface area contributed by atoms with Crippen molar-refractivity contribution in [2.45, 2.75) is 20.4 Å². The van der Waals surface area contributed by atoms with Crippen molar-refractivity contribution >= 4 is 17.2 Å². The van der Waals surface area contributed by atoms with Crippen LogP contribution in [-0.4, -0.2) is 11.0 Å². The third-order valence-electron chi connectivity index (χ3n) is 2.79. The van der Waals surface area contributed by atoms with Gasteiger partial charge in [0.2, 0.25) is 0 Å². The van der Waals surface area contributed by atoms with Crippen molar-refractivity contribution in [1.82, 2.24) is 5.32 Å². The van der Waals surface area contributed by atoms with E-state index >= 15 is 0 Å². The number of amides is 1. The molecule has 2 rings (SSSR count). The van der Waals surface area contributed by atoms with Gasteiger partial charge >= 0.3 is 0 Å². The molecular weight excluding hydrogens is 246 g/mol. The molecule has 94 valence electrons. The second-order valence-electron chi connectivity index (χ2n) is 4.15. The molecule has 2 aromatic rings. The summed E-state index contributed by atoms with van der Waals surface area (Å²) in [6, 6.07) is 8.61. The van der Waals surface area contributed by atoms with E-state index in [1.807, 2.05) is 0 Å². The third-order valence-corrected chi connectivity index (χ3v) is 3.94. The van der Waals surface area contributed by atoms with Gasteiger partial charge < -0.3 is 10.4 Å². The number of rotatable bonds is 3. The minimum Gasteiger partial charge on any atom is -0.507 e. The molecule has 0 aliphatic heterocycles. The number of thiophene rings is 1. The molecule has 0 saturated carbocycles. The zero-order valence-corrected chi connectivity index (χ0v) is 11.2. The van der Waals surface area contributed by atoms with E-state index in [1.165, 1.54) is 16.5 Å². The SMILES string of the molecule is Cc1cc(CNC(=O)c2ccccc2O)sc1C. The summed E-state index contributed by atoms with van der Waals surface area (Å²) in [6.45, 7) is 4.61. The maximum absolute atomic E-state index is 11.9. The average Bonchev–Trinajstić information content (AvgIpc) is 2.66. The molecule has 0 atom stereocenters. The number of carbonyl (C=O) groups excluding carboxylic acids is 1. The molecule has 0 aliphatic carbocycles. The molecule has 3 nitrogen and oxygen atoms in total. The molecule has 2 N–H and O–H groups in total. The van der Waals surface area contributed by atoms with Crippen molar-refractivity contribution in [3.05, 3.63) is 51.2 Å². The topological polar surface area (TPSA) is 49.3 Å². The Kier molecular flexibility index (Phi) is 3.67. The molecule has 1 amide bonds. The van der Waals surface area contributed by atoms with Crippen LogP contribution in [0.3, 0.4) is 0 Å². The van der Waals surface area contributed by atoms with Gasteiger partial charge in [0.1, 0.15) is 5.75 Å². The smallest absolute Gasteiger partial charge is 0.255 e. The number of phenolic OH excluding ortho intramolecular Hbond substituents is 1. The van der Waals surface area contributed by atoms with E-state index in [0.29, 0.717) is 12.1 Å². The maximum atomic E-state index is 11.9. The molecule has 0 radical (unpaired) electrons. The van der Waals surface area contributed by atoms with Gasteiger partial charge in [-0.25, -0.2) is 0 Å².